The summed E-state index contributed by atoms with van der Waals surface area (Å²) in [5, 5.41) is 9.75. The highest BCUT2D eigenvalue weighted by molar-refractivity contribution is 5.94. The number of fused-ring (bicyclic) bond motifs is 1. The van der Waals surface area contributed by atoms with Crippen LogP contribution < -0.4 is 4.74 Å². The normalized spacial score (nSPS) is 10.6. The van der Waals surface area contributed by atoms with Gasteiger partial charge in [0.1, 0.15) is 5.82 Å². The third kappa shape index (κ3) is 2.98. The summed E-state index contributed by atoms with van der Waals surface area (Å²) in [6.45, 7) is 0. The Hall–Kier alpha value is -3.78. The summed E-state index contributed by atoms with van der Waals surface area (Å²) in [6, 6.07) is 19.7. The van der Waals surface area contributed by atoms with Crippen LogP contribution in [-0.4, -0.2) is 17.1 Å². The summed E-state index contributed by atoms with van der Waals surface area (Å²) in [7, 11) is 1.55. The minimum absolute atomic E-state index is 0.268. The number of halogens is 1. The fourth-order valence-corrected chi connectivity index (χ4v) is 3.05. The second-order valence-corrected chi connectivity index (χ2v) is 5.94. The molecular weight excluding hydrogens is 341 g/mol. The van der Waals surface area contributed by atoms with Crippen molar-refractivity contribution in [2.75, 3.05) is 7.11 Å². The molecule has 0 bridgehead atoms. The second-order valence-electron chi connectivity index (χ2n) is 5.94. The molecule has 0 spiro atoms. The number of methoxy groups -OCH3 is 1. The van der Waals surface area contributed by atoms with Crippen molar-refractivity contribution in [1.82, 2.24) is 9.97 Å². The molecule has 0 amide bonds. The van der Waals surface area contributed by atoms with E-state index in [1.807, 2.05) is 42.5 Å². The predicted molar refractivity (Wildman–Crippen MR) is 102 cm³/mol. The summed E-state index contributed by atoms with van der Waals surface area (Å²) < 4.78 is 20.1. The molecule has 0 saturated carbocycles. The number of hydrogen-bond acceptors (Lipinski definition) is 4. The highest BCUT2D eigenvalue weighted by Gasteiger charge is 2.17. The molecule has 0 N–H and O–H groups in total. The Morgan fingerprint density at radius 1 is 1.00 bits per heavy atom. The monoisotopic (exact) mass is 355 g/mol. The van der Waals surface area contributed by atoms with E-state index in [1.54, 1.807) is 31.5 Å². The molecule has 0 fully saturated rings. The van der Waals surface area contributed by atoms with Crippen molar-refractivity contribution >= 4 is 10.9 Å². The van der Waals surface area contributed by atoms with E-state index in [-0.39, 0.29) is 5.56 Å². The van der Waals surface area contributed by atoms with E-state index >= 15 is 0 Å². The molecule has 0 radical (unpaired) electrons. The number of nitrogens with zero attached hydrogens (tertiary/aromatic N) is 3. The number of ether oxygens (including phenoxy) is 1. The van der Waals surface area contributed by atoms with E-state index in [0.29, 0.717) is 22.7 Å². The van der Waals surface area contributed by atoms with Crippen molar-refractivity contribution in [3.8, 4) is 34.3 Å². The first-order valence-corrected chi connectivity index (χ1v) is 8.30. The van der Waals surface area contributed by atoms with Crippen molar-refractivity contribution in [3.05, 3.63) is 78.2 Å². The van der Waals surface area contributed by atoms with Gasteiger partial charge in [0.25, 0.3) is 0 Å². The summed E-state index contributed by atoms with van der Waals surface area (Å²) in [5.74, 6) is -0.0249. The Morgan fingerprint density at radius 2 is 1.81 bits per heavy atom. The van der Waals surface area contributed by atoms with E-state index in [2.05, 4.69) is 4.98 Å². The topological polar surface area (TPSA) is 58.8 Å². The maximum atomic E-state index is 14.7. The fraction of sp³-hybridized carbons (Fsp3) is 0.0455. The zero-order valence-corrected chi connectivity index (χ0v) is 14.5. The van der Waals surface area contributed by atoms with Gasteiger partial charge in [-0.25, -0.2) is 14.4 Å². The molecule has 0 atom stereocenters. The quantitative estimate of drug-likeness (QED) is 0.520. The second kappa shape index (κ2) is 6.85. The zero-order chi connectivity index (χ0) is 18.8. The smallest absolute Gasteiger partial charge is 0.222 e. The summed E-state index contributed by atoms with van der Waals surface area (Å²) in [6.07, 6.45) is 1.61. The number of pyridine rings is 2. The van der Waals surface area contributed by atoms with Crippen molar-refractivity contribution < 1.29 is 9.13 Å². The van der Waals surface area contributed by atoms with Crippen LogP contribution in [0.5, 0.6) is 5.88 Å². The van der Waals surface area contributed by atoms with Crippen LogP contribution in [0.3, 0.4) is 0 Å². The van der Waals surface area contributed by atoms with Crippen LogP contribution in [0, 0.1) is 17.1 Å². The van der Waals surface area contributed by atoms with Crippen LogP contribution in [-0.2, 0) is 0 Å². The number of rotatable bonds is 3. The lowest BCUT2D eigenvalue weighted by atomic mass is 9.97. The standard InChI is InChI=1S/C22H14FN3O/c1-27-22-18-12-17(15-5-3-2-4-6-15)21(26-20(18)9-10-25-22)16-8-7-14(13-24)11-19(16)23/h2-12H,1H3. The van der Waals surface area contributed by atoms with Gasteiger partial charge in [-0.2, -0.15) is 5.26 Å². The Labute approximate surface area is 155 Å². The Kier molecular flexibility index (Phi) is 4.23. The SMILES string of the molecule is COc1nccc2nc(-c3ccc(C#N)cc3F)c(-c3ccccc3)cc12. The number of hydrogen-bond donors (Lipinski definition) is 0. The third-order valence-corrected chi connectivity index (χ3v) is 4.34. The maximum absolute atomic E-state index is 14.7. The number of aromatic nitrogens is 2. The van der Waals surface area contributed by atoms with E-state index < -0.39 is 5.82 Å². The van der Waals surface area contributed by atoms with Crippen LogP contribution in [0.1, 0.15) is 5.56 Å². The van der Waals surface area contributed by atoms with Gasteiger partial charge in [-0.15, -0.1) is 0 Å². The minimum atomic E-state index is -0.487. The van der Waals surface area contributed by atoms with Gasteiger partial charge in [-0.05, 0) is 35.9 Å². The molecule has 5 heteroatoms. The molecule has 0 aliphatic heterocycles. The number of benzene rings is 2. The average Bonchev–Trinajstić information content (AvgIpc) is 2.72. The van der Waals surface area contributed by atoms with Crippen LogP contribution in [0.2, 0.25) is 0 Å². The fourth-order valence-electron chi connectivity index (χ4n) is 3.05. The van der Waals surface area contributed by atoms with Crippen molar-refractivity contribution in [2.24, 2.45) is 0 Å². The highest BCUT2D eigenvalue weighted by Crippen LogP contribution is 2.36. The van der Waals surface area contributed by atoms with E-state index in [1.165, 1.54) is 6.07 Å². The molecule has 2 aromatic carbocycles. The molecule has 0 saturated heterocycles. The van der Waals surface area contributed by atoms with Gasteiger partial charge in [0, 0.05) is 17.3 Å². The maximum Gasteiger partial charge on any atom is 0.222 e. The van der Waals surface area contributed by atoms with Gasteiger partial charge in [0.2, 0.25) is 5.88 Å². The molecule has 27 heavy (non-hydrogen) atoms. The van der Waals surface area contributed by atoms with Gasteiger partial charge >= 0.3 is 0 Å². The molecule has 4 nitrogen and oxygen atoms in total. The largest absolute Gasteiger partial charge is 0.481 e. The van der Waals surface area contributed by atoms with Crippen LogP contribution in [0.25, 0.3) is 33.3 Å². The molecule has 0 unspecified atom stereocenters. The molecule has 4 aromatic rings. The molecule has 130 valence electrons. The van der Waals surface area contributed by atoms with Crippen molar-refractivity contribution in [3.63, 3.8) is 0 Å². The predicted octanol–water partition coefficient (Wildman–Crippen LogP) is 4.98. The number of nitriles is 1. The molecule has 2 aromatic heterocycles. The van der Waals surface area contributed by atoms with Gasteiger partial charge in [-0.1, -0.05) is 30.3 Å². The molecule has 0 aliphatic carbocycles. The van der Waals surface area contributed by atoms with Crippen LogP contribution in [0.4, 0.5) is 4.39 Å². The lowest BCUT2D eigenvalue weighted by molar-refractivity contribution is 0.403. The van der Waals surface area contributed by atoms with Crippen LogP contribution >= 0.6 is 0 Å². The summed E-state index contributed by atoms with van der Waals surface area (Å²) >= 11 is 0. The van der Waals surface area contributed by atoms with Gasteiger partial charge in [-0.3, -0.25) is 0 Å². The summed E-state index contributed by atoms with van der Waals surface area (Å²) in [4.78, 5) is 8.93. The van der Waals surface area contributed by atoms with E-state index in [4.69, 9.17) is 15.0 Å². The lowest BCUT2D eigenvalue weighted by Gasteiger charge is -2.13. The van der Waals surface area contributed by atoms with E-state index in [9.17, 15) is 4.39 Å². The Balaban J connectivity index is 2.06. The Morgan fingerprint density at radius 3 is 2.52 bits per heavy atom. The first-order valence-electron chi connectivity index (χ1n) is 8.30. The van der Waals surface area contributed by atoms with Crippen molar-refractivity contribution in [2.45, 2.75) is 0 Å². The average molecular weight is 355 g/mol. The lowest BCUT2D eigenvalue weighted by Crippen LogP contribution is -1.97. The van der Waals surface area contributed by atoms with Gasteiger partial charge < -0.3 is 4.74 Å². The van der Waals surface area contributed by atoms with Crippen molar-refractivity contribution in [1.29, 1.82) is 5.26 Å². The zero-order valence-electron chi connectivity index (χ0n) is 14.5. The first kappa shape index (κ1) is 16.7. The minimum Gasteiger partial charge on any atom is -0.481 e. The van der Waals surface area contributed by atoms with Gasteiger partial charge in [0.05, 0.1) is 35.3 Å². The molecular formula is C22H14FN3O. The van der Waals surface area contributed by atoms with Gasteiger partial charge in [0.15, 0.2) is 0 Å². The summed E-state index contributed by atoms with van der Waals surface area (Å²) in [5.41, 5.74) is 3.42. The molecule has 4 rings (SSSR count). The van der Waals surface area contributed by atoms with E-state index in [0.717, 1.165) is 16.5 Å². The molecule has 2 heterocycles. The molecule has 0 aliphatic rings. The highest BCUT2D eigenvalue weighted by atomic mass is 19.1. The van der Waals surface area contributed by atoms with Crippen LogP contribution in [0.15, 0.2) is 66.9 Å². The third-order valence-electron chi connectivity index (χ3n) is 4.34. The first-order chi connectivity index (χ1) is 13.2. The Bertz CT molecular complexity index is 1180.